The Balaban J connectivity index is 2.08. The van der Waals surface area contributed by atoms with Gasteiger partial charge < -0.3 is 4.74 Å². The van der Waals surface area contributed by atoms with Gasteiger partial charge in [0, 0.05) is 0 Å². The van der Waals surface area contributed by atoms with Gasteiger partial charge in [0.05, 0.1) is 11.6 Å². The summed E-state index contributed by atoms with van der Waals surface area (Å²) in [4.78, 5) is 0. The van der Waals surface area contributed by atoms with Gasteiger partial charge in [0.25, 0.3) is 0 Å². The van der Waals surface area contributed by atoms with Gasteiger partial charge in [-0.25, -0.2) is 4.39 Å². The van der Waals surface area contributed by atoms with E-state index < -0.39 is 5.82 Å². The topological polar surface area (TPSA) is 33.0 Å². The molecule has 1 heterocycles. The Morgan fingerprint density at radius 3 is 2.88 bits per heavy atom. The second kappa shape index (κ2) is 4.77. The summed E-state index contributed by atoms with van der Waals surface area (Å²) in [5.41, 5.74) is 1.30. The fraction of sp³-hybridized carbons (Fsp3) is 0.0833. The summed E-state index contributed by atoms with van der Waals surface area (Å²) in [7, 11) is 0. The molecule has 2 nitrogen and oxygen atoms in total. The first-order chi connectivity index (χ1) is 7.79. The van der Waals surface area contributed by atoms with Crippen LogP contribution in [-0.2, 0) is 6.61 Å². The molecule has 4 heteroatoms. The van der Waals surface area contributed by atoms with Gasteiger partial charge in [0.1, 0.15) is 6.61 Å². The number of nitriles is 1. The number of halogens is 1. The molecule has 0 bridgehead atoms. The molecule has 0 aliphatic carbocycles. The summed E-state index contributed by atoms with van der Waals surface area (Å²) in [5.74, 6) is -0.334. The third-order valence-corrected chi connectivity index (χ3v) is 2.77. The fourth-order valence-electron chi connectivity index (χ4n) is 1.22. The predicted molar refractivity (Wildman–Crippen MR) is 59.8 cm³/mol. The molecule has 0 saturated carbocycles. The van der Waals surface area contributed by atoms with E-state index in [4.69, 9.17) is 10.00 Å². The van der Waals surface area contributed by atoms with Crippen LogP contribution >= 0.6 is 11.3 Å². The lowest BCUT2D eigenvalue weighted by atomic mass is 10.2. The van der Waals surface area contributed by atoms with E-state index in [0.29, 0.717) is 12.2 Å². The molecule has 0 aliphatic heterocycles. The van der Waals surface area contributed by atoms with Crippen molar-refractivity contribution in [3.63, 3.8) is 0 Å². The number of rotatable bonds is 3. The fourth-order valence-corrected chi connectivity index (χ4v) is 1.88. The molecule has 16 heavy (non-hydrogen) atoms. The Labute approximate surface area is 96.5 Å². The summed E-state index contributed by atoms with van der Waals surface area (Å²) >= 11 is 1.57. The Morgan fingerprint density at radius 2 is 2.25 bits per heavy atom. The molecule has 1 aromatic heterocycles. The summed E-state index contributed by atoms with van der Waals surface area (Å²) in [5, 5.41) is 12.5. The maximum atomic E-state index is 13.4. The standard InChI is InChI=1S/C12H8FNOS/c13-11-5-9(6-14)1-2-12(11)15-7-10-3-4-16-8-10/h1-5,8H,7H2. The van der Waals surface area contributed by atoms with Crippen LogP contribution in [0.5, 0.6) is 5.75 Å². The van der Waals surface area contributed by atoms with E-state index in [1.807, 2.05) is 22.9 Å². The van der Waals surface area contributed by atoms with Crippen molar-refractivity contribution in [2.45, 2.75) is 6.61 Å². The van der Waals surface area contributed by atoms with E-state index >= 15 is 0 Å². The van der Waals surface area contributed by atoms with Crippen LogP contribution in [0.15, 0.2) is 35.0 Å². The van der Waals surface area contributed by atoms with Crippen LogP contribution < -0.4 is 4.74 Å². The van der Waals surface area contributed by atoms with Crippen LogP contribution in [0, 0.1) is 17.1 Å². The van der Waals surface area contributed by atoms with Gasteiger partial charge in [0.2, 0.25) is 0 Å². The van der Waals surface area contributed by atoms with Gasteiger partial charge in [-0.2, -0.15) is 16.6 Å². The number of ether oxygens (including phenoxy) is 1. The maximum Gasteiger partial charge on any atom is 0.166 e. The summed E-state index contributed by atoms with van der Waals surface area (Å²) < 4.78 is 18.7. The van der Waals surface area contributed by atoms with Gasteiger partial charge >= 0.3 is 0 Å². The van der Waals surface area contributed by atoms with E-state index in [0.717, 1.165) is 5.56 Å². The van der Waals surface area contributed by atoms with Crippen LogP contribution in [0.3, 0.4) is 0 Å². The highest BCUT2D eigenvalue weighted by Crippen LogP contribution is 2.19. The largest absolute Gasteiger partial charge is 0.486 e. The molecule has 0 unspecified atom stereocenters. The first-order valence-electron chi connectivity index (χ1n) is 4.63. The smallest absolute Gasteiger partial charge is 0.166 e. The highest BCUT2D eigenvalue weighted by molar-refractivity contribution is 7.07. The van der Waals surface area contributed by atoms with Crippen LogP contribution in [0.25, 0.3) is 0 Å². The number of hydrogen-bond donors (Lipinski definition) is 0. The molecule has 0 spiro atoms. The average molecular weight is 233 g/mol. The zero-order valence-electron chi connectivity index (χ0n) is 8.31. The molecule has 0 aliphatic rings. The van der Waals surface area contributed by atoms with Crippen molar-refractivity contribution in [3.8, 4) is 11.8 Å². The van der Waals surface area contributed by atoms with Crippen molar-refractivity contribution in [1.29, 1.82) is 5.26 Å². The normalized spacial score (nSPS) is 9.75. The SMILES string of the molecule is N#Cc1ccc(OCc2ccsc2)c(F)c1. The molecule has 0 radical (unpaired) electrons. The molecule has 0 N–H and O–H groups in total. The van der Waals surface area contributed by atoms with E-state index in [1.165, 1.54) is 18.2 Å². The first kappa shape index (κ1) is 10.7. The zero-order chi connectivity index (χ0) is 11.4. The van der Waals surface area contributed by atoms with Crippen LogP contribution in [0.4, 0.5) is 4.39 Å². The molecular formula is C12H8FNOS. The van der Waals surface area contributed by atoms with Crippen LogP contribution in [0.1, 0.15) is 11.1 Å². The molecule has 2 rings (SSSR count). The van der Waals surface area contributed by atoms with Crippen molar-refractivity contribution < 1.29 is 9.13 Å². The minimum atomic E-state index is -0.505. The number of thiophene rings is 1. The molecular weight excluding hydrogens is 225 g/mol. The van der Waals surface area contributed by atoms with Crippen molar-refractivity contribution >= 4 is 11.3 Å². The Bertz CT molecular complexity index is 516. The quantitative estimate of drug-likeness (QED) is 0.814. The van der Waals surface area contributed by atoms with Crippen LogP contribution in [-0.4, -0.2) is 0 Å². The first-order valence-corrected chi connectivity index (χ1v) is 5.57. The van der Waals surface area contributed by atoms with E-state index in [-0.39, 0.29) is 5.75 Å². The minimum absolute atomic E-state index is 0.171. The van der Waals surface area contributed by atoms with Crippen molar-refractivity contribution in [1.82, 2.24) is 0 Å². The maximum absolute atomic E-state index is 13.4. The number of hydrogen-bond acceptors (Lipinski definition) is 3. The number of nitrogens with zero attached hydrogens (tertiary/aromatic N) is 1. The summed E-state index contributed by atoms with van der Waals surface area (Å²) in [6.07, 6.45) is 0. The van der Waals surface area contributed by atoms with Crippen LogP contribution in [0.2, 0.25) is 0 Å². The van der Waals surface area contributed by atoms with Gasteiger partial charge in [-0.1, -0.05) is 0 Å². The molecule has 1 aromatic carbocycles. The summed E-state index contributed by atoms with van der Waals surface area (Å²) in [6.45, 7) is 0.340. The van der Waals surface area contributed by atoms with Crippen molar-refractivity contribution in [3.05, 3.63) is 52.0 Å². The Kier molecular flexibility index (Phi) is 3.18. The third-order valence-electron chi connectivity index (χ3n) is 2.04. The molecule has 0 atom stereocenters. The van der Waals surface area contributed by atoms with Gasteiger partial charge in [-0.3, -0.25) is 0 Å². The van der Waals surface area contributed by atoms with Gasteiger partial charge in [0.15, 0.2) is 11.6 Å². The van der Waals surface area contributed by atoms with E-state index in [9.17, 15) is 4.39 Å². The highest BCUT2D eigenvalue weighted by atomic mass is 32.1. The molecule has 0 saturated heterocycles. The lowest BCUT2D eigenvalue weighted by Gasteiger charge is -2.05. The minimum Gasteiger partial charge on any atom is -0.486 e. The number of benzene rings is 1. The second-order valence-corrected chi connectivity index (χ2v) is 3.96. The molecule has 2 aromatic rings. The van der Waals surface area contributed by atoms with Gasteiger partial charge in [-0.15, -0.1) is 0 Å². The summed E-state index contributed by atoms with van der Waals surface area (Å²) in [6, 6.07) is 7.97. The lowest BCUT2D eigenvalue weighted by molar-refractivity contribution is 0.291. The zero-order valence-corrected chi connectivity index (χ0v) is 9.13. The monoisotopic (exact) mass is 233 g/mol. The highest BCUT2D eigenvalue weighted by Gasteiger charge is 2.04. The predicted octanol–water partition coefficient (Wildman–Crippen LogP) is 3.34. The molecule has 0 fully saturated rings. The van der Waals surface area contributed by atoms with Crippen molar-refractivity contribution in [2.24, 2.45) is 0 Å². The third kappa shape index (κ3) is 2.38. The van der Waals surface area contributed by atoms with Gasteiger partial charge in [-0.05, 0) is 40.6 Å². The second-order valence-electron chi connectivity index (χ2n) is 3.18. The molecule has 80 valence electrons. The Morgan fingerprint density at radius 1 is 1.38 bits per heavy atom. The lowest BCUT2D eigenvalue weighted by Crippen LogP contribution is -1.96. The average Bonchev–Trinajstić information content (AvgIpc) is 2.80. The Hall–Kier alpha value is -1.86. The molecule has 0 amide bonds. The van der Waals surface area contributed by atoms with E-state index in [2.05, 4.69) is 0 Å². The van der Waals surface area contributed by atoms with E-state index in [1.54, 1.807) is 11.3 Å². The van der Waals surface area contributed by atoms with Crippen molar-refractivity contribution in [2.75, 3.05) is 0 Å².